The lowest BCUT2D eigenvalue weighted by atomic mass is 10.1. The van der Waals surface area contributed by atoms with Gasteiger partial charge in [0.25, 0.3) is 5.56 Å². The van der Waals surface area contributed by atoms with Crippen LogP contribution in [0.1, 0.15) is 17.7 Å². The Hall–Kier alpha value is -2.71. The maximum atomic E-state index is 12.5. The second-order valence-corrected chi connectivity index (χ2v) is 8.02. The standard InChI is InChI=1S/C21H24N4O3S/c1-28-18-5-2-16(3-6-18)4-7-19(26)24-10-8-23(9-11-24)15-17-14-20(27)25-12-13-29-21(25)22-17/h2-3,5-6,12-14H,4,7-11,15H2,1H3. The Morgan fingerprint density at radius 1 is 1.17 bits per heavy atom. The minimum atomic E-state index is -0.0430. The smallest absolute Gasteiger partial charge is 0.258 e. The van der Waals surface area contributed by atoms with Gasteiger partial charge in [0.2, 0.25) is 5.91 Å². The van der Waals surface area contributed by atoms with Gasteiger partial charge in [0.15, 0.2) is 4.96 Å². The molecular formula is C21H24N4O3S. The van der Waals surface area contributed by atoms with Crippen LogP contribution >= 0.6 is 11.3 Å². The Bertz CT molecular complexity index is 1040. The highest BCUT2D eigenvalue weighted by Gasteiger charge is 2.21. The lowest BCUT2D eigenvalue weighted by Crippen LogP contribution is -2.48. The van der Waals surface area contributed by atoms with E-state index in [9.17, 15) is 9.59 Å². The summed E-state index contributed by atoms with van der Waals surface area (Å²) in [6.07, 6.45) is 2.99. The van der Waals surface area contributed by atoms with E-state index in [0.29, 0.717) is 26.1 Å². The van der Waals surface area contributed by atoms with Crippen LogP contribution in [0.5, 0.6) is 5.75 Å². The number of methoxy groups -OCH3 is 1. The molecule has 0 aliphatic carbocycles. The van der Waals surface area contributed by atoms with Crippen LogP contribution < -0.4 is 10.3 Å². The van der Waals surface area contributed by atoms with Gasteiger partial charge in [0.05, 0.1) is 12.8 Å². The molecule has 0 N–H and O–H groups in total. The van der Waals surface area contributed by atoms with Gasteiger partial charge in [0.1, 0.15) is 5.75 Å². The first-order valence-corrected chi connectivity index (χ1v) is 10.6. The monoisotopic (exact) mass is 412 g/mol. The van der Waals surface area contributed by atoms with Crippen LogP contribution in [0.25, 0.3) is 4.96 Å². The number of ether oxygens (including phenoxy) is 1. The molecule has 1 aliphatic rings. The molecule has 1 saturated heterocycles. The minimum absolute atomic E-state index is 0.0430. The molecule has 8 heteroatoms. The number of piperazine rings is 1. The van der Waals surface area contributed by atoms with Crippen molar-refractivity contribution in [2.24, 2.45) is 0 Å². The van der Waals surface area contributed by atoms with Gasteiger partial charge in [0, 0.05) is 56.8 Å². The molecule has 0 unspecified atom stereocenters. The molecule has 1 aromatic carbocycles. The van der Waals surface area contributed by atoms with Crippen molar-refractivity contribution < 1.29 is 9.53 Å². The molecule has 0 spiro atoms. The zero-order valence-corrected chi connectivity index (χ0v) is 17.2. The first-order chi connectivity index (χ1) is 14.1. The quantitative estimate of drug-likeness (QED) is 0.620. The SMILES string of the molecule is COc1ccc(CCC(=O)N2CCN(Cc3cc(=O)n4ccsc4n3)CC2)cc1. The molecule has 1 fully saturated rings. The molecule has 3 heterocycles. The van der Waals surface area contributed by atoms with Crippen LogP contribution in [0.4, 0.5) is 0 Å². The number of rotatable bonds is 6. The van der Waals surface area contributed by atoms with Crippen molar-refractivity contribution in [3.8, 4) is 5.75 Å². The summed E-state index contributed by atoms with van der Waals surface area (Å²) in [5.41, 5.74) is 1.88. The summed E-state index contributed by atoms with van der Waals surface area (Å²) in [7, 11) is 1.65. The number of hydrogen-bond acceptors (Lipinski definition) is 6. The van der Waals surface area contributed by atoms with E-state index >= 15 is 0 Å². The van der Waals surface area contributed by atoms with Crippen molar-refractivity contribution in [2.45, 2.75) is 19.4 Å². The van der Waals surface area contributed by atoms with E-state index in [1.807, 2.05) is 34.5 Å². The molecule has 7 nitrogen and oxygen atoms in total. The summed E-state index contributed by atoms with van der Waals surface area (Å²) in [5, 5.41) is 1.86. The van der Waals surface area contributed by atoms with Gasteiger partial charge in [-0.15, -0.1) is 11.3 Å². The average molecular weight is 413 g/mol. The van der Waals surface area contributed by atoms with E-state index in [-0.39, 0.29) is 11.5 Å². The summed E-state index contributed by atoms with van der Waals surface area (Å²) in [4.78, 5) is 34.1. The number of benzene rings is 1. The Morgan fingerprint density at radius 3 is 2.66 bits per heavy atom. The molecule has 152 valence electrons. The van der Waals surface area contributed by atoms with E-state index in [1.165, 1.54) is 11.3 Å². The average Bonchev–Trinajstić information content (AvgIpc) is 3.22. The van der Waals surface area contributed by atoms with Gasteiger partial charge in [-0.3, -0.25) is 18.9 Å². The number of nitrogens with zero attached hydrogens (tertiary/aromatic N) is 4. The Balaban J connectivity index is 1.26. The van der Waals surface area contributed by atoms with Crippen molar-refractivity contribution in [1.82, 2.24) is 19.2 Å². The second kappa shape index (κ2) is 8.75. The molecule has 1 amide bonds. The molecule has 29 heavy (non-hydrogen) atoms. The van der Waals surface area contributed by atoms with Crippen LogP contribution in [0, 0.1) is 0 Å². The Labute approximate surface area is 173 Å². The molecule has 0 radical (unpaired) electrons. The highest BCUT2D eigenvalue weighted by atomic mass is 32.1. The number of aryl methyl sites for hydroxylation is 1. The number of carbonyl (C=O) groups excluding carboxylic acids is 1. The highest BCUT2D eigenvalue weighted by Crippen LogP contribution is 2.14. The Kier molecular flexibility index (Phi) is 5.92. The number of carbonyl (C=O) groups is 1. The summed E-state index contributed by atoms with van der Waals surface area (Å²) >= 11 is 1.46. The van der Waals surface area contributed by atoms with Crippen molar-refractivity contribution in [2.75, 3.05) is 33.3 Å². The summed E-state index contributed by atoms with van der Waals surface area (Å²) in [6.45, 7) is 3.64. The fourth-order valence-electron chi connectivity index (χ4n) is 3.55. The van der Waals surface area contributed by atoms with Crippen LogP contribution in [-0.2, 0) is 17.8 Å². The molecule has 2 aromatic heterocycles. The first-order valence-electron chi connectivity index (χ1n) is 9.71. The first kappa shape index (κ1) is 19.6. The van der Waals surface area contributed by atoms with E-state index < -0.39 is 0 Å². The number of aromatic nitrogens is 2. The zero-order valence-electron chi connectivity index (χ0n) is 16.4. The number of amides is 1. The zero-order chi connectivity index (χ0) is 20.2. The van der Waals surface area contributed by atoms with Gasteiger partial charge < -0.3 is 9.64 Å². The van der Waals surface area contributed by atoms with Crippen molar-refractivity contribution in [1.29, 1.82) is 0 Å². The van der Waals surface area contributed by atoms with Crippen molar-refractivity contribution in [3.05, 3.63) is 63.5 Å². The summed E-state index contributed by atoms with van der Waals surface area (Å²) in [6, 6.07) is 9.46. The molecule has 0 atom stereocenters. The fourth-order valence-corrected chi connectivity index (χ4v) is 4.29. The maximum absolute atomic E-state index is 12.5. The van der Waals surface area contributed by atoms with Gasteiger partial charge in [-0.1, -0.05) is 12.1 Å². The van der Waals surface area contributed by atoms with Crippen LogP contribution in [-0.4, -0.2) is 58.4 Å². The fraction of sp³-hybridized carbons (Fsp3) is 0.381. The maximum Gasteiger partial charge on any atom is 0.258 e. The normalized spacial score (nSPS) is 15.0. The molecular weight excluding hydrogens is 388 g/mol. The third kappa shape index (κ3) is 4.65. The van der Waals surface area contributed by atoms with Crippen LogP contribution in [0.2, 0.25) is 0 Å². The van der Waals surface area contributed by atoms with Crippen LogP contribution in [0.15, 0.2) is 46.7 Å². The highest BCUT2D eigenvalue weighted by molar-refractivity contribution is 7.15. The number of hydrogen-bond donors (Lipinski definition) is 0. The van der Waals surface area contributed by atoms with Crippen molar-refractivity contribution in [3.63, 3.8) is 0 Å². The van der Waals surface area contributed by atoms with Gasteiger partial charge in [-0.05, 0) is 24.1 Å². The number of fused-ring (bicyclic) bond motifs is 1. The van der Waals surface area contributed by atoms with Crippen LogP contribution in [0.3, 0.4) is 0 Å². The van der Waals surface area contributed by atoms with E-state index in [1.54, 1.807) is 23.8 Å². The second-order valence-electron chi connectivity index (χ2n) is 7.15. The molecule has 0 bridgehead atoms. The summed E-state index contributed by atoms with van der Waals surface area (Å²) in [5.74, 6) is 1.02. The summed E-state index contributed by atoms with van der Waals surface area (Å²) < 4.78 is 6.73. The third-order valence-corrected chi connectivity index (χ3v) is 6.01. The van der Waals surface area contributed by atoms with Gasteiger partial charge in [-0.2, -0.15) is 0 Å². The van der Waals surface area contributed by atoms with E-state index in [0.717, 1.165) is 41.5 Å². The van der Waals surface area contributed by atoms with Gasteiger partial charge in [-0.25, -0.2) is 4.98 Å². The largest absolute Gasteiger partial charge is 0.497 e. The van der Waals surface area contributed by atoms with Crippen molar-refractivity contribution >= 4 is 22.2 Å². The molecule has 3 aromatic rings. The molecule has 4 rings (SSSR count). The third-order valence-electron chi connectivity index (χ3n) is 5.25. The lowest BCUT2D eigenvalue weighted by Gasteiger charge is -2.34. The molecule has 0 saturated carbocycles. The Morgan fingerprint density at radius 2 is 1.93 bits per heavy atom. The van der Waals surface area contributed by atoms with E-state index in [4.69, 9.17) is 4.74 Å². The predicted octanol–water partition coefficient (Wildman–Crippen LogP) is 2.04. The topological polar surface area (TPSA) is 67.2 Å². The molecule has 1 aliphatic heterocycles. The lowest BCUT2D eigenvalue weighted by molar-refractivity contribution is -0.133. The minimum Gasteiger partial charge on any atom is -0.497 e. The van der Waals surface area contributed by atoms with Gasteiger partial charge >= 0.3 is 0 Å². The van der Waals surface area contributed by atoms with E-state index in [2.05, 4.69) is 9.88 Å². The predicted molar refractivity (Wildman–Crippen MR) is 113 cm³/mol. The number of thiazole rings is 1.